The van der Waals surface area contributed by atoms with E-state index < -0.39 is 0 Å². The van der Waals surface area contributed by atoms with Crippen LogP contribution in [0.3, 0.4) is 0 Å². The van der Waals surface area contributed by atoms with Gasteiger partial charge in [-0.15, -0.1) is 0 Å². The summed E-state index contributed by atoms with van der Waals surface area (Å²) in [5.74, 6) is 0.261. The van der Waals surface area contributed by atoms with Gasteiger partial charge in [0, 0.05) is 0 Å². The van der Waals surface area contributed by atoms with Crippen molar-refractivity contribution >= 4 is 6.29 Å². The molecule has 78 valence electrons. The fourth-order valence-corrected chi connectivity index (χ4v) is 1.51. The minimum Gasteiger partial charge on any atom is -0.507 e. The molecule has 0 spiro atoms. The highest BCUT2D eigenvalue weighted by molar-refractivity contribution is 5.82. The molecule has 0 bridgehead atoms. The topological polar surface area (TPSA) is 61.1 Å². The number of rotatable bonds is 3. The van der Waals surface area contributed by atoms with E-state index in [1.54, 1.807) is 6.07 Å². The third-order valence-corrected chi connectivity index (χ3v) is 2.12. The van der Waals surface area contributed by atoms with Crippen molar-refractivity contribution in [3.05, 3.63) is 28.8 Å². The molecule has 0 fully saturated rings. The summed E-state index contributed by atoms with van der Waals surface area (Å²) >= 11 is 0. The molecule has 0 aliphatic heterocycles. The Labute approximate surface area is 89.0 Å². The SMILES string of the molecule is CC(C)Cc1cc(C#N)cc(O)c1C=O. The van der Waals surface area contributed by atoms with Gasteiger partial charge in [0.2, 0.25) is 0 Å². The van der Waals surface area contributed by atoms with Crippen LogP contribution >= 0.6 is 0 Å². The molecule has 0 saturated heterocycles. The molecule has 0 aliphatic rings. The Hall–Kier alpha value is -1.82. The molecule has 1 aromatic rings. The van der Waals surface area contributed by atoms with Crippen LogP contribution in [0.4, 0.5) is 0 Å². The van der Waals surface area contributed by atoms with Gasteiger partial charge in [-0.3, -0.25) is 4.79 Å². The summed E-state index contributed by atoms with van der Waals surface area (Å²) in [5, 5.41) is 18.3. The van der Waals surface area contributed by atoms with Gasteiger partial charge in [0.25, 0.3) is 0 Å². The number of phenols is 1. The van der Waals surface area contributed by atoms with Crippen LogP contribution in [0, 0.1) is 17.2 Å². The Kier molecular flexibility index (Phi) is 3.46. The van der Waals surface area contributed by atoms with Gasteiger partial charge in [-0.05, 0) is 30.0 Å². The Morgan fingerprint density at radius 2 is 2.20 bits per heavy atom. The van der Waals surface area contributed by atoms with Gasteiger partial charge >= 0.3 is 0 Å². The number of nitrogens with zero attached hydrogens (tertiary/aromatic N) is 1. The third-order valence-electron chi connectivity index (χ3n) is 2.12. The van der Waals surface area contributed by atoms with Crippen molar-refractivity contribution in [1.29, 1.82) is 5.26 Å². The largest absolute Gasteiger partial charge is 0.507 e. The number of hydrogen-bond acceptors (Lipinski definition) is 3. The van der Waals surface area contributed by atoms with Crippen molar-refractivity contribution < 1.29 is 9.90 Å². The standard InChI is InChI=1S/C12H13NO2/c1-8(2)3-10-4-9(6-13)5-12(15)11(10)7-14/h4-5,7-8,15H,3H2,1-2H3. The lowest BCUT2D eigenvalue weighted by Crippen LogP contribution is -2.00. The van der Waals surface area contributed by atoms with E-state index in [0.717, 1.165) is 5.56 Å². The van der Waals surface area contributed by atoms with Crippen molar-refractivity contribution in [3.63, 3.8) is 0 Å². The summed E-state index contributed by atoms with van der Waals surface area (Å²) in [6.07, 6.45) is 1.31. The van der Waals surface area contributed by atoms with Gasteiger partial charge < -0.3 is 5.11 Å². The maximum absolute atomic E-state index is 10.8. The van der Waals surface area contributed by atoms with E-state index in [2.05, 4.69) is 0 Å². The monoisotopic (exact) mass is 203 g/mol. The van der Waals surface area contributed by atoms with Crippen molar-refractivity contribution in [3.8, 4) is 11.8 Å². The van der Waals surface area contributed by atoms with Crippen LogP contribution in [0.5, 0.6) is 5.75 Å². The van der Waals surface area contributed by atoms with Crippen LogP contribution in [0.2, 0.25) is 0 Å². The lowest BCUT2D eigenvalue weighted by atomic mass is 9.96. The molecular formula is C12H13NO2. The summed E-state index contributed by atoms with van der Waals surface area (Å²) in [5.41, 5.74) is 1.41. The average Bonchev–Trinajstić information content (AvgIpc) is 2.16. The molecular weight excluding hydrogens is 190 g/mol. The second-order valence-corrected chi connectivity index (χ2v) is 3.90. The zero-order valence-electron chi connectivity index (χ0n) is 8.82. The fraction of sp³-hybridized carbons (Fsp3) is 0.333. The van der Waals surface area contributed by atoms with Gasteiger partial charge in [0.15, 0.2) is 6.29 Å². The molecule has 15 heavy (non-hydrogen) atoms. The minimum absolute atomic E-state index is 0.111. The van der Waals surface area contributed by atoms with Gasteiger partial charge in [0.1, 0.15) is 5.75 Å². The molecule has 3 heteroatoms. The molecule has 0 aromatic heterocycles. The molecule has 0 heterocycles. The first-order valence-electron chi connectivity index (χ1n) is 4.79. The summed E-state index contributed by atoms with van der Waals surface area (Å²) in [6, 6.07) is 4.93. The Balaban J connectivity index is 3.27. The average molecular weight is 203 g/mol. The molecule has 0 atom stereocenters. The molecule has 0 unspecified atom stereocenters. The lowest BCUT2D eigenvalue weighted by Gasteiger charge is -2.09. The maximum Gasteiger partial charge on any atom is 0.154 e. The third kappa shape index (κ3) is 2.57. The number of aldehydes is 1. The first-order valence-corrected chi connectivity index (χ1v) is 4.79. The highest BCUT2D eigenvalue weighted by atomic mass is 16.3. The zero-order chi connectivity index (χ0) is 11.4. The quantitative estimate of drug-likeness (QED) is 0.766. The highest BCUT2D eigenvalue weighted by Crippen LogP contribution is 2.23. The second kappa shape index (κ2) is 4.61. The Bertz CT molecular complexity index is 416. The van der Waals surface area contributed by atoms with Crippen molar-refractivity contribution in [1.82, 2.24) is 0 Å². The molecule has 1 N–H and O–H groups in total. The van der Waals surface area contributed by atoms with Gasteiger partial charge in [0.05, 0.1) is 17.2 Å². The van der Waals surface area contributed by atoms with E-state index in [1.807, 2.05) is 19.9 Å². The molecule has 1 aromatic carbocycles. The number of phenolic OH excluding ortho intramolecular Hbond substituents is 1. The molecule has 1 rings (SSSR count). The van der Waals surface area contributed by atoms with Crippen LogP contribution in [0.15, 0.2) is 12.1 Å². The first-order chi connectivity index (χ1) is 7.08. The fourth-order valence-electron chi connectivity index (χ4n) is 1.51. The van der Waals surface area contributed by atoms with Crippen molar-refractivity contribution in [2.24, 2.45) is 5.92 Å². The summed E-state index contributed by atoms with van der Waals surface area (Å²) in [7, 11) is 0. The number of aromatic hydroxyl groups is 1. The molecule has 0 aliphatic carbocycles. The Morgan fingerprint density at radius 1 is 1.53 bits per heavy atom. The van der Waals surface area contributed by atoms with E-state index in [9.17, 15) is 9.90 Å². The van der Waals surface area contributed by atoms with E-state index in [0.29, 0.717) is 29.8 Å². The van der Waals surface area contributed by atoms with Crippen LogP contribution in [0.1, 0.15) is 35.3 Å². The van der Waals surface area contributed by atoms with Gasteiger partial charge in [-0.25, -0.2) is 0 Å². The number of carbonyl (C=O) groups excluding carboxylic acids is 1. The number of hydrogen-bond donors (Lipinski definition) is 1. The summed E-state index contributed by atoms with van der Waals surface area (Å²) < 4.78 is 0. The van der Waals surface area contributed by atoms with Crippen LogP contribution in [-0.4, -0.2) is 11.4 Å². The number of benzene rings is 1. The van der Waals surface area contributed by atoms with Gasteiger partial charge in [-0.1, -0.05) is 13.8 Å². The van der Waals surface area contributed by atoms with Gasteiger partial charge in [-0.2, -0.15) is 5.26 Å². The normalized spacial score (nSPS) is 10.0. The molecule has 0 saturated carbocycles. The first kappa shape index (κ1) is 11.3. The van der Waals surface area contributed by atoms with Crippen molar-refractivity contribution in [2.75, 3.05) is 0 Å². The predicted molar refractivity (Wildman–Crippen MR) is 56.8 cm³/mol. The molecule has 0 radical (unpaired) electrons. The van der Waals surface area contributed by atoms with Crippen molar-refractivity contribution in [2.45, 2.75) is 20.3 Å². The predicted octanol–water partition coefficient (Wildman–Crippen LogP) is 2.27. The van der Waals surface area contributed by atoms with Crippen LogP contribution in [-0.2, 0) is 6.42 Å². The van der Waals surface area contributed by atoms with E-state index in [1.165, 1.54) is 6.07 Å². The summed E-state index contributed by atoms with van der Waals surface area (Å²) in [4.78, 5) is 10.8. The second-order valence-electron chi connectivity index (χ2n) is 3.90. The highest BCUT2D eigenvalue weighted by Gasteiger charge is 2.10. The maximum atomic E-state index is 10.8. The smallest absolute Gasteiger partial charge is 0.154 e. The Morgan fingerprint density at radius 3 is 2.67 bits per heavy atom. The van der Waals surface area contributed by atoms with Crippen LogP contribution in [0.25, 0.3) is 0 Å². The van der Waals surface area contributed by atoms with E-state index >= 15 is 0 Å². The minimum atomic E-state index is -0.111. The lowest BCUT2D eigenvalue weighted by molar-refractivity contribution is 0.112. The van der Waals surface area contributed by atoms with E-state index in [4.69, 9.17) is 5.26 Å². The number of carbonyl (C=O) groups is 1. The van der Waals surface area contributed by atoms with Crippen LogP contribution < -0.4 is 0 Å². The number of nitriles is 1. The molecule has 0 amide bonds. The van der Waals surface area contributed by atoms with E-state index in [-0.39, 0.29) is 5.75 Å². The summed E-state index contributed by atoms with van der Waals surface area (Å²) in [6.45, 7) is 4.04. The molecule has 3 nitrogen and oxygen atoms in total. The zero-order valence-corrected chi connectivity index (χ0v) is 8.82.